The Bertz CT molecular complexity index is 611. The molecule has 2 amide bonds. The van der Waals surface area contributed by atoms with Gasteiger partial charge in [0.05, 0.1) is 5.41 Å². The predicted octanol–water partition coefficient (Wildman–Crippen LogP) is 1.33. The monoisotopic (exact) mass is 320 g/mol. The van der Waals surface area contributed by atoms with E-state index >= 15 is 0 Å². The van der Waals surface area contributed by atoms with Crippen LogP contribution in [0.4, 0.5) is 0 Å². The molecule has 0 fully saturated rings. The third-order valence-corrected chi connectivity index (χ3v) is 3.99. The number of benzene rings is 1. The summed E-state index contributed by atoms with van der Waals surface area (Å²) in [7, 11) is 3.33. The van der Waals surface area contributed by atoms with Gasteiger partial charge in [-0.3, -0.25) is 9.59 Å². The summed E-state index contributed by atoms with van der Waals surface area (Å²) in [5.41, 5.74) is 0.0141. The first-order chi connectivity index (χ1) is 10.7. The van der Waals surface area contributed by atoms with E-state index in [0.29, 0.717) is 24.7 Å². The first-order valence-corrected chi connectivity index (χ1v) is 7.65. The lowest BCUT2D eigenvalue weighted by Crippen LogP contribution is -2.49. The summed E-state index contributed by atoms with van der Waals surface area (Å²) < 4.78 is 11.1. The van der Waals surface area contributed by atoms with Crippen molar-refractivity contribution in [3.05, 3.63) is 23.8 Å². The van der Waals surface area contributed by atoms with Crippen molar-refractivity contribution in [3.8, 4) is 11.5 Å². The van der Waals surface area contributed by atoms with Crippen molar-refractivity contribution < 1.29 is 19.1 Å². The summed E-state index contributed by atoms with van der Waals surface area (Å²) in [6.45, 7) is 6.35. The fourth-order valence-corrected chi connectivity index (χ4v) is 2.39. The maximum Gasteiger partial charge on any atom is 0.244 e. The number of ether oxygens (including phenoxy) is 2. The molecule has 0 radical (unpaired) electrons. The van der Waals surface area contributed by atoms with E-state index in [2.05, 4.69) is 5.32 Å². The van der Waals surface area contributed by atoms with E-state index in [1.165, 1.54) is 4.90 Å². The Labute approximate surface area is 136 Å². The second-order valence-corrected chi connectivity index (χ2v) is 6.41. The minimum atomic E-state index is -0.795. The molecule has 23 heavy (non-hydrogen) atoms. The Morgan fingerprint density at radius 3 is 2.39 bits per heavy atom. The number of nitrogens with zero attached hydrogens (tertiary/aromatic N) is 1. The molecule has 0 saturated carbocycles. The molecule has 6 nitrogen and oxygen atoms in total. The van der Waals surface area contributed by atoms with E-state index in [4.69, 9.17) is 9.47 Å². The Kier molecular flexibility index (Phi) is 4.82. The zero-order valence-electron chi connectivity index (χ0n) is 14.3. The Morgan fingerprint density at radius 2 is 1.78 bits per heavy atom. The standard InChI is InChI=1S/C17H24N2O4/c1-11(15(20)19(4)5)18-16(21)17(2,3)12-6-7-13-14(10-12)23-9-8-22-13/h6-7,10-11H,8-9H2,1-5H3,(H,18,21)/t11-/m0/s1. The molecule has 6 heteroatoms. The van der Waals surface area contributed by atoms with Crippen LogP contribution in [0.2, 0.25) is 0 Å². The van der Waals surface area contributed by atoms with E-state index < -0.39 is 11.5 Å². The van der Waals surface area contributed by atoms with Crippen molar-refractivity contribution in [3.63, 3.8) is 0 Å². The van der Waals surface area contributed by atoms with E-state index in [-0.39, 0.29) is 11.8 Å². The minimum absolute atomic E-state index is 0.142. The topological polar surface area (TPSA) is 67.9 Å². The summed E-state index contributed by atoms with van der Waals surface area (Å²) in [5, 5.41) is 2.78. The highest BCUT2D eigenvalue weighted by Gasteiger charge is 2.33. The highest BCUT2D eigenvalue weighted by molar-refractivity contribution is 5.92. The van der Waals surface area contributed by atoms with Gasteiger partial charge in [0.1, 0.15) is 19.3 Å². The van der Waals surface area contributed by atoms with Crippen LogP contribution in [-0.4, -0.2) is 50.1 Å². The molecule has 1 aliphatic rings. The van der Waals surface area contributed by atoms with Gasteiger partial charge in [0.2, 0.25) is 11.8 Å². The number of rotatable bonds is 4. The maximum absolute atomic E-state index is 12.6. The molecule has 0 aromatic heterocycles. The average Bonchev–Trinajstić information content (AvgIpc) is 2.53. The van der Waals surface area contributed by atoms with Crippen molar-refractivity contribution in [2.45, 2.75) is 32.2 Å². The van der Waals surface area contributed by atoms with E-state index in [9.17, 15) is 9.59 Å². The zero-order chi connectivity index (χ0) is 17.2. The van der Waals surface area contributed by atoms with Crippen LogP contribution in [-0.2, 0) is 15.0 Å². The lowest BCUT2D eigenvalue weighted by molar-refractivity contribution is -0.135. The fourth-order valence-electron chi connectivity index (χ4n) is 2.39. The van der Waals surface area contributed by atoms with Crippen molar-refractivity contribution in [1.29, 1.82) is 0 Å². The maximum atomic E-state index is 12.6. The Balaban J connectivity index is 2.17. The van der Waals surface area contributed by atoms with Crippen LogP contribution in [0, 0.1) is 0 Å². The van der Waals surface area contributed by atoms with Gasteiger partial charge in [-0.1, -0.05) is 6.07 Å². The number of hydrogen-bond donors (Lipinski definition) is 1. The number of likely N-dealkylation sites (N-methyl/N-ethyl adjacent to an activating group) is 1. The van der Waals surface area contributed by atoms with Crippen molar-refractivity contribution in [2.75, 3.05) is 27.3 Å². The molecule has 1 atom stereocenters. The number of carbonyl (C=O) groups is 2. The molecule has 0 spiro atoms. The van der Waals surface area contributed by atoms with Crippen molar-refractivity contribution >= 4 is 11.8 Å². The van der Waals surface area contributed by atoms with Gasteiger partial charge in [0.15, 0.2) is 11.5 Å². The second-order valence-electron chi connectivity index (χ2n) is 6.41. The normalized spacial score (nSPS) is 14.8. The molecule has 0 saturated heterocycles. The van der Waals surface area contributed by atoms with Crippen LogP contribution in [0.3, 0.4) is 0 Å². The van der Waals surface area contributed by atoms with E-state index in [0.717, 1.165) is 5.56 Å². The van der Waals surface area contributed by atoms with Crippen molar-refractivity contribution in [2.24, 2.45) is 0 Å². The molecule has 1 aromatic rings. The van der Waals surface area contributed by atoms with Gasteiger partial charge in [-0.25, -0.2) is 0 Å². The van der Waals surface area contributed by atoms with Gasteiger partial charge in [-0.2, -0.15) is 0 Å². The summed E-state index contributed by atoms with van der Waals surface area (Å²) >= 11 is 0. The van der Waals surface area contributed by atoms with Gasteiger partial charge in [0, 0.05) is 14.1 Å². The lowest BCUT2D eigenvalue weighted by Gasteiger charge is -2.28. The average molecular weight is 320 g/mol. The molecule has 1 aliphatic heterocycles. The molecule has 2 rings (SSSR count). The number of fused-ring (bicyclic) bond motifs is 1. The van der Waals surface area contributed by atoms with Crippen LogP contribution < -0.4 is 14.8 Å². The molecule has 0 unspecified atom stereocenters. The van der Waals surface area contributed by atoms with E-state index in [1.807, 2.05) is 32.0 Å². The first-order valence-electron chi connectivity index (χ1n) is 7.65. The molecule has 1 aromatic carbocycles. The highest BCUT2D eigenvalue weighted by atomic mass is 16.6. The molecule has 126 valence electrons. The summed E-state index contributed by atoms with van der Waals surface area (Å²) in [6, 6.07) is 4.92. The summed E-state index contributed by atoms with van der Waals surface area (Å²) in [4.78, 5) is 26.0. The van der Waals surface area contributed by atoms with E-state index in [1.54, 1.807) is 21.0 Å². The second kappa shape index (κ2) is 6.48. The smallest absolute Gasteiger partial charge is 0.244 e. The van der Waals surface area contributed by atoms with Gasteiger partial charge in [-0.15, -0.1) is 0 Å². The molecule has 1 N–H and O–H groups in total. The Morgan fingerprint density at radius 1 is 1.17 bits per heavy atom. The van der Waals surface area contributed by atoms with Crippen LogP contribution in [0.1, 0.15) is 26.3 Å². The fraction of sp³-hybridized carbons (Fsp3) is 0.529. The third kappa shape index (κ3) is 3.57. The third-order valence-electron chi connectivity index (χ3n) is 3.99. The number of carbonyl (C=O) groups excluding carboxylic acids is 2. The molecule has 0 bridgehead atoms. The largest absolute Gasteiger partial charge is 0.486 e. The number of amides is 2. The molecule has 0 aliphatic carbocycles. The zero-order valence-corrected chi connectivity index (χ0v) is 14.3. The predicted molar refractivity (Wildman–Crippen MR) is 86.8 cm³/mol. The molecular formula is C17H24N2O4. The summed E-state index contributed by atoms with van der Waals surface area (Å²) in [5.74, 6) is 0.979. The summed E-state index contributed by atoms with van der Waals surface area (Å²) in [6.07, 6.45) is 0. The number of hydrogen-bond acceptors (Lipinski definition) is 4. The lowest BCUT2D eigenvalue weighted by atomic mass is 9.83. The van der Waals surface area contributed by atoms with Gasteiger partial charge in [0.25, 0.3) is 0 Å². The van der Waals surface area contributed by atoms with Crippen LogP contribution in [0.15, 0.2) is 18.2 Å². The minimum Gasteiger partial charge on any atom is -0.486 e. The Hall–Kier alpha value is -2.24. The van der Waals surface area contributed by atoms with Gasteiger partial charge >= 0.3 is 0 Å². The van der Waals surface area contributed by atoms with Gasteiger partial charge in [-0.05, 0) is 38.5 Å². The molecular weight excluding hydrogens is 296 g/mol. The van der Waals surface area contributed by atoms with Crippen molar-refractivity contribution in [1.82, 2.24) is 10.2 Å². The SMILES string of the molecule is C[C@H](NC(=O)C(C)(C)c1ccc2c(c1)OCCO2)C(=O)N(C)C. The molecule has 1 heterocycles. The quantitative estimate of drug-likeness (QED) is 0.909. The van der Waals surface area contributed by atoms with Crippen LogP contribution in [0.25, 0.3) is 0 Å². The number of nitrogens with one attached hydrogen (secondary N) is 1. The highest BCUT2D eigenvalue weighted by Crippen LogP contribution is 2.35. The van der Waals surface area contributed by atoms with Crippen LogP contribution >= 0.6 is 0 Å². The van der Waals surface area contributed by atoms with Gasteiger partial charge < -0.3 is 19.7 Å². The van der Waals surface area contributed by atoms with Crippen LogP contribution in [0.5, 0.6) is 11.5 Å². The first kappa shape index (κ1) is 17.1.